The highest BCUT2D eigenvalue weighted by atomic mass is 16.6. The number of aryl methyl sites for hydroxylation is 2. The summed E-state index contributed by atoms with van der Waals surface area (Å²) < 4.78 is 5.44. The molecule has 0 unspecified atom stereocenters. The number of hydrogen-bond donors (Lipinski definition) is 1. The molecule has 0 aliphatic rings. The second kappa shape index (κ2) is 6.00. The number of nitro groups is 1. The standard InChI is InChI=1S/C12H16N2O3/c1-9-7-10(2)12(8-11(9)14(15)16)17-6-4-3-5-13/h3-4,7-8H,5-6,13H2,1-2H3/b4-3+. The summed E-state index contributed by atoms with van der Waals surface area (Å²) in [5, 5.41) is 10.8. The van der Waals surface area contributed by atoms with E-state index in [0.717, 1.165) is 5.56 Å². The molecule has 17 heavy (non-hydrogen) atoms. The number of hydrogen-bond acceptors (Lipinski definition) is 4. The zero-order chi connectivity index (χ0) is 12.8. The van der Waals surface area contributed by atoms with Gasteiger partial charge in [-0.15, -0.1) is 0 Å². The fraction of sp³-hybridized carbons (Fsp3) is 0.333. The van der Waals surface area contributed by atoms with Gasteiger partial charge in [0.2, 0.25) is 0 Å². The van der Waals surface area contributed by atoms with Crippen molar-refractivity contribution in [3.8, 4) is 5.75 Å². The van der Waals surface area contributed by atoms with E-state index in [1.54, 1.807) is 25.1 Å². The minimum Gasteiger partial charge on any atom is -0.489 e. The van der Waals surface area contributed by atoms with Gasteiger partial charge < -0.3 is 10.5 Å². The van der Waals surface area contributed by atoms with E-state index in [4.69, 9.17) is 10.5 Å². The summed E-state index contributed by atoms with van der Waals surface area (Å²) in [7, 11) is 0. The molecule has 1 aromatic carbocycles. The molecule has 0 saturated heterocycles. The fourth-order valence-electron chi connectivity index (χ4n) is 1.48. The van der Waals surface area contributed by atoms with Crippen LogP contribution in [0, 0.1) is 24.0 Å². The summed E-state index contributed by atoms with van der Waals surface area (Å²) in [5.74, 6) is 0.531. The zero-order valence-electron chi connectivity index (χ0n) is 9.97. The fourth-order valence-corrected chi connectivity index (χ4v) is 1.48. The Morgan fingerprint density at radius 1 is 1.35 bits per heavy atom. The Morgan fingerprint density at radius 2 is 2.06 bits per heavy atom. The lowest BCUT2D eigenvalue weighted by Crippen LogP contribution is -2.00. The third kappa shape index (κ3) is 3.57. The van der Waals surface area contributed by atoms with Crippen LogP contribution in [0.25, 0.3) is 0 Å². The van der Waals surface area contributed by atoms with Crippen LogP contribution in [-0.4, -0.2) is 18.1 Å². The van der Waals surface area contributed by atoms with E-state index in [-0.39, 0.29) is 5.69 Å². The predicted molar refractivity (Wildman–Crippen MR) is 66.3 cm³/mol. The van der Waals surface area contributed by atoms with Gasteiger partial charge in [0.15, 0.2) is 0 Å². The Balaban J connectivity index is 2.88. The van der Waals surface area contributed by atoms with Gasteiger partial charge in [0.25, 0.3) is 5.69 Å². The number of nitrogens with two attached hydrogens (primary N) is 1. The third-order valence-corrected chi connectivity index (χ3v) is 2.33. The van der Waals surface area contributed by atoms with Crippen LogP contribution in [0.5, 0.6) is 5.75 Å². The van der Waals surface area contributed by atoms with Crippen molar-refractivity contribution in [2.75, 3.05) is 13.2 Å². The highest BCUT2D eigenvalue weighted by Crippen LogP contribution is 2.27. The van der Waals surface area contributed by atoms with Crippen LogP contribution in [0.4, 0.5) is 5.69 Å². The molecule has 5 heteroatoms. The van der Waals surface area contributed by atoms with Crippen molar-refractivity contribution in [1.29, 1.82) is 0 Å². The van der Waals surface area contributed by atoms with Gasteiger partial charge in [-0.1, -0.05) is 12.2 Å². The lowest BCUT2D eigenvalue weighted by molar-refractivity contribution is -0.385. The number of rotatable bonds is 5. The first-order valence-corrected chi connectivity index (χ1v) is 5.29. The van der Waals surface area contributed by atoms with Crippen molar-refractivity contribution in [2.45, 2.75) is 13.8 Å². The predicted octanol–water partition coefficient (Wildman–Crippen LogP) is 2.11. The van der Waals surface area contributed by atoms with Gasteiger partial charge >= 0.3 is 0 Å². The molecule has 0 amide bonds. The number of nitro benzene ring substituents is 1. The molecule has 2 N–H and O–H groups in total. The van der Waals surface area contributed by atoms with Gasteiger partial charge in [-0.3, -0.25) is 10.1 Å². The van der Waals surface area contributed by atoms with Crippen LogP contribution in [0.1, 0.15) is 11.1 Å². The zero-order valence-corrected chi connectivity index (χ0v) is 9.97. The van der Waals surface area contributed by atoms with Gasteiger partial charge in [-0.05, 0) is 25.5 Å². The maximum Gasteiger partial charge on any atom is 0.276 e. The first kappa shape index (κ1) is 13.2. The lowest BCUT2D eigenvalue weighted by Gasteiger charge is -2.08. The van der Waals surface area contributed by atoms with Crippen molar-refractivity contribution in [1.82, 2.24) is 0 Å². The summed E-state index contributed by atoms with van der Waals surface area (Å²) in [4.78, 5) is 10.4. The Morgan fingerprint density at radius 3 is 2.65 bits per heavy atom. The first-order valence-electron chi connectivity index (χ1n) is 5.29. The number of nitrogens with zero attached hydrogens (tertiary/aromatic N) is 1. The van der Waals surface area contributed by atoms with Crippen LogP contribution in [-0.2, 0) is 0 Å². The Bertz CT molecular complexity index is 442. The summed E-state index contributed by atoms with van der Waals surface area (Å²) in [6, 6.07) is 3.21. The van der Waals surface area contributed by atoms with Gasteiger partial charge in [0.05, 0.1) is 11.0 Å². The molecule has 0 aromatic heterocycles. The lowest BCUT2D eigenvalue weighted by atomic mass is 10.1. The Hall–Kier alpha value is -1.88. The quantitative estimate of drug-likeness (QED) is 0.482. The molecule has 0 heterocycles. The number of benzene rings is 1. The van der Waals surface area contributed by atoms with E-state index < -0.39 is 4.92 Å². The molecule has 0 fully saturated rings. The normalized spacial score (nSPS) is 10.8. The van der Waals surface area contributed by atoms with Crippen molar-refractivity contribution >= 4 is 5.69 Å². The largest absolute Gasteiger partial charge is 0.489 e. The second-order valence-electron chi connectivity index (χ2n) is 3.68. The van der Waals surface area contributed by atoms with Gasteiger partial charge in [-0.2, -0.15) is 0 Å². The molecule has 0 atom stereocenters. The van der Waals surface area contributed by atoms with Crippen LogP contribution in [0.3, 0.4) is 0 Å². The molecular weight excluding hydrogens is 220 g/mol. The number of ether oxygens (including phenoxy) is 1. The Labute approximate surface area is 100 Å². The molecular formula is C12H16N2O3. The molecule has 0 radical (unpaired) electrons. The van der Waals surface area contributed by atoms with Crippen LogP contribution in [0.15, 0.2) is 24.3 Å². The molecule has 0 aliphatic carbocycles. The second-order valence-corrected chi connectivity index (χ2v) is 3.68. The van der Waals surface area contributed by atoms with E-state index >= 15 is 0 Å². The van der Waals surface area contributed by atoms with E-state index in [9.17, 15) is 10.1 Å². The molecule has 92 valence electrons. The van der Waals surface area contributed by atoms with Crippen LogP contribution < -0.4 is 10.5 Å². The minimum absolute atomic E-state index is 0.0772. The topological polar surface area (TPSA) is 78.4 Å². The van der Waals surface area contributed by atoms with E-state index in [1.807, 2.05) is 6.92 Å². The maximum absolute atomic E-state index is 10.8. The minimum atomic E-state index is -0.405. The van der Waals surface area contributed by atoms with Crippen LogP contribution >= 0.6 is 0 Å². The van der Waals surface area contributed by atoms with Gasteiger partial charge in [0.1, 0.15) is 12.4 Å². The summed E-state index contributed by atoms with van der Waals surface area (Å²) in [6.45, 7) is 4.39. The third-order valence-electron chi connectivity index (χ3n) is 2.33. The molecule has 1 aromatic rings. The van der Waals surface area contributed by atoms with Crippen molar-refractivity contribution in [3.63, 3.8) is 0 Å². The highest BCUT2D eigenvalue weighted by Gasteiger charge is 2.13. The SMILES string of the molecule is Cc1cc(C)c([N+](=O)[O-])cc1OC/C=C/CN. The highest BCUT2D eigenvalue weighted by molar-refractivity contribution is 5.49. The van der Waals surface area contributed by atoms with Crippen molar-refractivity contribution in [2.24, 2.45) is 5.73 Å². The molecule has 0 saturated carbocycles. The molecule has 0 spiro atoms. The molecule has 5 nitrogen and oxygen atoms in total. The molecule has 0 aliphatic heterocycles. The summed E-state index contributed by atoms with van der Waals surface area (Å²) >= 11 is 0. The first-order chi connectivity index (χ1) is 8.06. The monoisotopic (exact) mass is 236 g/mol. The van der Waals surface area contributed by atoms with E-state index in [0.29, 0.717) is 24.5 Å². The molecule has 1 rings (SSSR count). The average molecular weight is 236 g/mol. The van der Waals surface area contributed by atoms with Crippen LogP contribution in [0.2, 0.25) is 0 Å². The van der Waals surface area contributed by atoms with E-state index in [1.165, 1.54) is 6.07 Å². The molecule has 0 bridgehead atoms. The summed E-state index contributed by atoms with van der Waals surface area (Å²) in [5.41, 5.74) is 6.89. The average Bonchev–Trinajstić information content (AvgIpc) is 2.26. The smallest absolute Gasteiger partial charge is 0.276 e. The van der Waals surface area contributed by atoms with Crippen molar-refractivity contribution < 1.29 is 9.66 Å². The van der Waals surface area contributed by atoms with E-state index in [2.05, 4.69) is 0 Å². The Kier molecular flexibility index (Phi) is 4.66. The van der Waals surface area contributed by atoms with Gasteiger partial charge in [-0.25, -0.2) is 0 Å². The van der Waals surface area contributed by atoms with Gasteiger partial charge in [0, 0.05) is 12.1 Å². The maximum atomic E-state index is 10.8. The van der Waals surface area contributed by atoms with Crippen molar-refractivity contribution in [3.05, 3.63) is 45.5 Å². The summed E-state index contributed by atoms with van der Waals surface area (Å²) in [6.07, 6.45) is 3.56.